The molecule has 78 valence electrons. The summed E-state index contributed by atoms with van der Waals surface area (Å²) in [5.74, 6) is 0. The molecule has 3 nitrogen and oxygen atoms in total. The van der Waals surface area contributed by atoms with Gasteiger partial charge in [0.25, 0.3) is 0 Å². The molecule has 0 spiro atoms. The maximum Gasteiger partial charge on any atom is 0.0643 e. The van der Waals surface area contributed by atoms with Gasteiger partial charge in [0.2, 0.25) is 0 Å². The van der Waals surface area contributed by atoms with E-state index in [0.29, 0.717) is 6.54 Å². The molecule has 2 aromatic rings. The summed E-state index contributed by atoms with van der Waals surface area (Å²) in [5, 5.41) is 1.23. The van der Waals surface area contributed by atoms with Gasteiger partial charge in [-0.3, -0.25) is 4.98 Å². The Morgan fingerprint density at radius 1 is 1.36 bits per heavy atom. The Kier molecular flexibility index (Phi) is 5.53. The van der Waals surface area contributed by atoms with Gasteiger partial charge in [-0.25, -0.2) is 0 Å². The number of pyridine rings is 1. The van der Waals surface area contributed by atoms with Crippen molar-refractivity contribution in [3.8, 4) is 0 Å². The van der Waals surface area contributed by atoms with Gasteiger partial charge in [-0.05, 0) is 24.6 Å². The molecule has 0 aromatic carbocycles. The normalized spacial score (nSPS) is 9.21. The van der Waals surface area contributed by atoms with Gasteiger partial charge in [-0.2, -0.15) is 0 Å². The van der Waals surface area contributed by atoms with E-state index < -0.39 is 0 Å². The fourth-order valence-electron chi connectivity index (χ4n) is 1.39. The average Bonchev–Trinajstić information content (AvgIpc) is 2.50. The van der Waals surface area contributed by atoms with Crippen LogP contribution in [0.4, 0.5) is 0 Å². The Morgan fingerprint density at radius 2 is 2.14 bits per heavy atom. The molecule has 0 aliphatic carbocycles. The summed E-state index contributed by atoms with van der Waals surface area (Å²) < 4.78 is 0. The summed E-state index contributed by atoms with van der Waals surface area (Å²) >= 11 is 0. The lowest BCUT2D eigenvalue weighted by atomic mass is 10.1. The van der Waals surface area contributed by atoms with E-state index in [1.54, 1.807) is 6.20 Å². The molecule has 0 aliphatic rings. The van der Waals surface area contributed by atoms with Crippen LogP contribution in [-0.2, 0) is 6.42 Å². The van der Waals surface area contributed by atoms with Crippen molar-refractivity contribution in [2.24, 2.45) is 5.73 Å². The van der Waals surface area contributed by atoms with Gasteiger partial charge >= 0.3 is 0 Å². The predicted octanol–water partition coefficient (Wildman–Crippen LogP) is 1.91. The number of fused-ring (bicyclic) bond motifs is 1. The SMILES string of the molecule is Cl.Cl.NCCc1c[nH]c2cnccc12. The van der Waals surface area contributed by atoms with E-state index in [1.165, 1.54) is 10.9 Å². The standard InChI is InChI=1S/C9H11N3.2ClH/c10-3-1-7-5-12-9-6-11-4-2-8(7)9;;/h2,4-6,12H,1,3,10H2;2*1H. The lowest BCUT2D eigenvalue weighted by molar-refractivity contribution is 0.976. The van der Waals surface area contributed by atoms with Crippen LogP contribution in [0.25, 0.3) is 10.9 Å². The van der Waals surface area contributed by atoms with E-state index in [0.717, 1.165) is 11.9 Å². The number of nitrogens with one attached hydrogen (secondary N) is 1. The Morgan fingerprint density at radius 3 is 2.86 bits per heavy atom. The molecular formula is C9H13Cl2N3. The van der Waals surface area contributed by atoms with Crippen molar-refractivity contribution in [1.82, 2.24) is 9.97 Å². The van der Waals surface area contributed by atoms with E-state index in [-0.39, 0.29) is 24.8 Å². The second-order valence-corrected chi connectivity index (χ2v) is 2.77. The van der Waals surface area contributed by atoms with Gasteiger partial charge in [0.1, 0.15) is 0 Å². The molecule has 2 heterocycles. The van der Waals surface area contributed by atoms with Crippen molar-refractivity contribution < 1.29 is 0 Å². The van der Waals surface area contributed by atoms with Crippen LogP contribution >= 0.6 is 24.8 Å². The number of aromatic amines is 1. The van der Waals surface area contributed by atoms with Gasteiger partial charge in [0, 0.05) is 17.8 Å². The molecule has 0 fully saturated rings. The van der Waals surface area contributed by atoms with Crippen LogP contribution in [0, 0.1) is 0 Å². The highest BCUT2D eigenvalue weighted by Gasteiger charge is 2.00. The third-order valence-corrected chi connectivity index (χ3v) is 1.98. The molecular weight excluding hydrogens is 221 g/mol. The van der Waals surface area contributed by atoms with Crippen LogP contribution in [0.15, 0.2) is 24.7 Å². The maximum atomic E-state index is 5.48. The van der Waals surface area contributed by atoms with Crippen molar-refractivity contribution >= 4 is 35.7 Å². The number of H-pyrrole nitrogens is 1. The third kappa shape index (κ3) is 2.38. The molecule has 0 saturated carbocycles. The van der Waals surface area contributed by atoms with Crippen LogP contribution in [0.1, 0.15) is 5.56 Å². The van der Waals surface area contributed by atoms with Crippen LogP contribution < -0.4 is 5.73 Å². The minimum absolute atomic E-state index is 0. The summed E-state index contributed by atoms with van der Waals surface area (Å²) in [4.78, 5) is 7.18. The van der Waals surface area contributed by atoms with Gasteiger partial charge in [0.05, 0.1) is 11.7 Å². The number of nitrogens with zero attached hydrogens (tertiary/aromatic N) is 1. The molecule has 14 heavy (non-hydrogen) atoms. The van der Waals surface area contributed by atoms with Crippen molar-refractivity contribution in [3.63, 3.8) is 0 Å². The minimum Gasteiger partial charge on any atom is -0.360 e. The van der Waals surface area contributed by atoms with E-state index in [1.807, 2.05) is 18.5 Å². The number of aromatic nitrogens is 2. The highest BCUT2D eigenvalue weighted by Crippen LogP contribution is 2.16. The summed E-state index contributed by atoms with van der Waals surface area (Å²) in [6.45, 7) is 0.690. The number of hydrogen-bond donors (Lipinski definition) is 2. The first-order valence-electron chi connectivity index (χ1n) is 4.02. The summed E-state index contributed by atoms with van der Waals surface area (Å²) in [6.07, 6.45) is 6.55. The average molecular weight is 234 g/mol. The summed E-state index contributed by atoms with van der Waals surface area (Å²) in [6, 6.07) is 2.01. The molecule has 3 N–H and O–H groups in total. The fraction of sp³-hybridized carbons (Fsp3) is 0.222. The molecule has 2 rings (SSSR count). The highest BCUT2D eigenvalue weighted by atomic mass is 35.5. The first-order valence-corrected chi connectivity index (χ1v) is 4.02. The molecule has 2 aromatic heterocycles. The molecule has 0 bridgehead atoms. The van der Waals surface area contributed by atoms with Crippen molar-refractivity contribution in [2.45, 2.75) is 6.42 Å². The number of nitrogens with two attached hydrogens (primary N) is 1. The predicted molar refractivity (Wildman–Crippen MR) is 63.3 cm³/mol. The van der Waals surface area contributed by atoms with Gasteiger partial charge in [-0.1, -0.05) is 0 Å². The molecule has 0 amide bonds. The first kappa shape index (κ1) is 13.2. The van der Waals surface area contributed by atoms with Crippen molar-refractivity contribution in [3.05, 3.63) is 30.2 Å². The molecule has 0 radical (unpaired) electrons. The van der Waals surface area contributed by atoms with Crippen LogP contribution in [0.2, 0.25) is 0 Å². The van der Waals surface area contributed by atoms with Gasteiger partial charge in [-0.15, -0.1) is 24.8 Å². The largest absolute Gasteiger partial charge is 0.360 e. The smallest absolute Gasteiger partial charge is 0.0643 e. The van der Waals surface area contributed by atoms with Gasteiger partial charge in [0.15, 0.2) is 0 Å². The lowest BCUT2D eigenvalue weighted by Crippen LogP contribution is -2.01. The van der Waals surface area contributed by atoms with Crippen LogP contribution in [0.3, 0.4) is 0 Å². The molecule has 5 heteroatoms. The minimum atomic E-state index is 0. The second kappa shape index (κ2) is 5.86. The number of hydrogen-bond acceptors (Lipinski definition) is 2. The van der Waals surface area contributed by atoms with Crippen LogP contribution in [0.5, 0.6) is 0 Å². The summed E-state index contributed by atoms with van der Waals surface area (Å²) in [5.41, 5.74) is 7.84. The second-order valence-electron chi connectivity index (χ2n) is 2.77. The Hall–Kier alpha value is -0.770. The zero-order valence-electron chi connectivity index (χ0n) is 7.56. The quantitative estimate of drug-likeness (QED) is 0.833. The Labute approximate surface area is 94.9 Å². The molecule has 0 atom stereocenters. The maximum absolute atomic E-state index is 5.48. The zero-order valence-corrected chi connectivity index (χ0v) is 9.20. The lowest BCUT2D eigenvalue weighted by Gasteiger charge is -1.93. The van der Waals surface area contributed by atoms with E-state index in [2.05, 4.69) is 9.97 Å². The Balaban J connectivity index is 0.000000845. The molecule has 0 unspecified atom stereocenters. The third-order valence-electron chi connectivity index (χ3n) is 1.98. The number of halogens is 2. The van der Waals surface area contributed by atoms with Crippen molar-refractivity contribution in [1.29, 1.82) is 0 Å². The van der Waals surface area contributed by atoms with E-state index in [9.17, 15) is 0 Å². The topological polar surface area (TPSA) is 54.7 Å². The first-order chi connectivity index (χ1) is 5.92. The highest BCUT2D eigenvalue weighted by molar-refractivity contribution is 5.85. The van der Waals surface area contributed by atoms with Gasteiger partial charge < -0.3 is 10.7 Å². The van der Waals surface area contributed by atoms with E-state index in [4.69, 9.17) is 5.73 Å². The zero-order chi connectivity index (χ0) is 8.39. The summed E-state index contributed by atoms with van der Waals surface area (Å²) in [7, 11) is 0. The van der Waals surface area contributed by atoms with Crippen molar-refractivity contribution in [2.75, 3.05) is 6.54 Å². The van der Waals surface area contributed by atoms with E-state index >= 15 is 0 Å². The monoisotopic (exact) mass is 233 g/mol. The number of rotatable bonds is 2. The van der Waals surface area contributed by atoms with Crippen LogP contribution in [-0.4, -0.2) is 16.5 Å². The molecule has 0 saturated heterocycles. The Bertz CT molecular complexity index is 386. The fourth-order valence-corrected chi connectivity index (χ4v) is 1.39. The molecule has 0 aliphatic heterocycles.